The Morgan fingerprint density at radius 2 is 2.13 bits per heavy atom. The standard InChI is InChI=1S/C11H15ClO3/c1-14-6-5-10(13)8-3-4-9(12)11(7-8)15-2/h3-4,7,10,13H,5-6H2,1-2H3. The molecule has 0 spiro atoms. The maximum Gasteiger partial charge on any atom is 0.137 e. The van der Waals surface area contributed by atoms with Crippen LogP contribution in [0.1, 0.15) is 18.1 Å². The fourth-order valence-corrected chi connectivity index (χ4v) is 1.47. The topological polar surface area (TPSA) is 38.7 Å². The molecule has 0 saturated heterocycles. The van der Waals surface area contributed by atoms with E-state index in [0.717, 1.165) is 5.56 Å². The highest BCUT2D eigenvalue weighted by molar-refractivity contribution is 6.32. The lowest BCUT2D eigenvalue weighted by molar-refractivity contribution is 0.110. The average molecular weight is 231 g/mol. The van der Waals surface area contributed by atoms with Gasteiger partial charge in [0.1, 0.15) is 5.75 Å². The van der Waals surface area contributed by atoms with Crippen molar-refractivity contribution in [3.05, 3.63) is 28.8 Å². The molecule has 0 saturated carbocycles. The smallest absolute Gasteiger partial charge is 0.137 e. The van der Waals surface area contributed by atoms with E-state index >= 15 is 0 Å². The number of hydrogen-bond donors (Lipinski definition) is 1. The van der Waals surface area contributed by atoms with Crippen molar-refractivity contribution < 1.29 is 14.6 Å². The van der Waals surface area contributed by atoms with Gasteiger partial charge in [0.25, 0.3) is 0 Å². The van der Waals surface area contributed by atoms with Gasteiger partial charge in [0.05, 0.1) is 18.2 Å². The lowest BCUT2D eigenvalue weighted by Crippen LogP contribution is -2.02. The molecule has 1 atom stereocenters. The number of aliphatic hydroxyl groups is 1. The van der Waals surface area contributed by atoms with Crippen molar-refractivity contribution >= 4 is 11.6 Å². The molecule has 0 aromatic heterocycles. The van der Waals surface area contributed by atoms with E-state index in [1.807, 2.05) is 0 Å². The zero-order valence-electron chi connectivity index (χ0n) is 8.87. The molecule has 4 heteroatoms. The van der Waals surface area contributed by atoms with E-state index in [1.165, 1.54) is 0 Å². The highest BCUT2D eigenvalue weighted by atomic mass is 35.5. The van der Waals surface area contributed by atoms with E-state index in [-0.39, 0.29) is 0 Å². The van der Waals surface area contributed by atoms with E-state index in [2.05, 4.69) is 0 Å². The summed E-state index contributed by atoms with van der Waals surface area (Å²) in [5, 5.41) is 10.3. The summed E-state index contributed by atoms with van der Waals surface area (Å²) < 4.78 is 9.96. The third-order valence-electron chi connectivity index (χ3n) is 2.16. The number of benzene rings is 1. The van der Waals surface area contributed by atoms with Crippen LogP contribution in [0.5, 0.6) is 5.75 Å². The summed E-state index contributed by atoms with van der Waals surface area (Å²) in [4.78, 5) is 0. The number of hydrogen-bond acceptors (Lipinski definition) is 3. The van der Waals surface area contributed by atoms with Crippen LogP contribution < -0.4 is 4.74 Å². The largest absolute Gasteiger partial charge is 0.495 e. The minimum atomic E-state index is -0.545. The highest BCUT2D eigenvalue weighted by Gasteiger charge is 2.09. The van der Waals surface area contributed by atoms with E-state index < -0.39 is 6.10 Å². The molecule has 0 amide bonds. The highest BCUT2D eigenvalue weighted by Crippen LogP contribution is 2.28. The van der Waals surface area contributed by atoms with Gasteiger partial charge in [-0.1, -0.05) is 17.7 Å². The van der Waals surface area contributed by atoms with Crippen molar-refractivity contribution in [1.82, 2.24) is 0 Å². The monoisotopic (exact) mass is 230 g/mol. The van der Waals surface area contributed by atoms with Crippen LogP contribution in [-0.4, -0.2) is 25.9 Å². The molecule has 0 radical (unpaired) electrons. The summed E-state index contributed by atoms with van der Waals surface area (Å²) in [6, 6.07) is 5.24. The van der Waals surface area contributed by atoms with Crippen LogP contribution in [0.2, 0.25) is 5.02 Å². The van der Waals surface area contributed by atoms with Crippen LogP contribution >= 0.6 is 11.6 Å². The molecule has 15 heavy (non-hydrogen) atoms. The van der Waals surface area contributed by atoms with Crippen LogP contribution in [0.3, 0.4) is 0 Å². The van der Waals surface area contributed by atoms with E-state index in [9.17, 15) is 5.11 Å². The Hall–Kier alpha value is -0.770. The molecular formula is C11H15ClO3. The van der Waals surface area contributed by atoms with E-state index in [0.29, 0.717) is 23.8 Å². The molecule has 0 aliphatic rings. The molecule has 1 rings (SSSR count). The van der Waals surface area contributed by atoms with Crippen molar-refractivity contribution in [2.45, 2.75) is 12.5 Å². The SMILES string of the molecule is COCCC(O)c1ccc(Cl)c(OC)c1. The van der Waals surface area contributed by atoms with Crippen molar-refractivity contribution in [2.75, 3.05) is 20.8 Å². The zero-order chi connectivity index (χ0) is 11.3. The predicted octanol–water partition coefficient (Wildman–Crippen LogP) is 2.42. The Balaban J connectivity index is 2.76. The first-order valence-corrected chi connectivity index (χ1v) is 5.07. The van der Waals surface area contributed by atoms with Gasteiger partial charge in [0.2, 0.25) is 0 Å². The number of rotatable bonds is 5. The summed E-state index contributed by atoms with van der Waals surface area (Å²) >= 11 is 5.87. The minimum Gasteiger partial charge on any atom is -0.495 e. The Morgan fingerprint density at radius 3 is 2.73 bits per heavy atom. The maximum atomic E-state index is 9.78. The summed E-state index contributed by atoms with van der Waals surface area (Å²) in [6.07, 6.45) is 0.0116. The Kier molecular flexibility index (Phi) is 4.88. The van der Waals surface area contributed by atoms with Crippen LogP contribution in [-0.2, 0) is 4.74 Å². The molecule has 0 heterocycles. The van der Waals surface area contributed by atoms with Crippen molar-refractivity contribution in [3.8, 4) is 5.75 Å². The molecule has 0 bridgehead atoms. The van der Waals surface area contributed by atoms with Crippen LogP contribution in [0, 0.1) is 0 Å². The third kappa shape index (κ3) is 3.38. The molecule has 1 N–H and O–H groups in total. The van der Waals surface area contributed by atoms with Gasteiger partial charge in [0, 0.05) is 20.1 Å². The minimum absolute atomic E-state index is 0.520. The predicted molar refractivity (Wildman–Crippen MR) is 59.5 cm³/mol. The maximum absolute atomic E-state index is 9.78. The molecule has 84 valence electrons. The van der Waals surface area contributed by atoms with Gasteiger partial charge in [-0.15, -0.1) is 0 Å². The second-order valence-electron chi connectivity index (χ2n) is 3.19. The first-order chi connectivity index (χ1) is 7.19. The van der Waals surface area contributed by atoms with Crippen molar-refractivity contribution in [1.29, 1.82) is 0 Å². The summed E-state index contributed by atoms with van der Waals surface area (Å²) in [6.45, 7) is 0.520. The fourth-order valence-electron chi connectivity index (χ4n) is 1.28. The molecule has 0 aliphatic carbocycles. The molecule has 0 fully saturated rings. The second-order valence-corrected chi connectivity index (χ2v) is 3.60. The van der Waals surface area contributed by atoms with E-state index in [1.54, 1.807) is 32.4 Å². The number of methoxy groups -OCH3 is 2. The van der Waals surface area contributed by atoms with Gasteiger partial charge in [-0.05, 0) is 17.7 Å². The number of aliphatic hydroxyl groups excluding tert-OH is 1. The van der Waals surface area contributed by atoms with Crippen molar-refractivity contribution in [2.24, 2.45) is 0 Å². The quantitative estimate of drug-likeness (QED) is 0.845. The first kappa shape index (κ1) is 12.3. The molecule has 1 aromatic rings. The molecule has 3 nitrogen and oxygen atoms in total. The first-order valence-electron chi connectivity index (χ1n) is 4.69. The van der Waals surface area contributed by atoms with Gasteiger partial charge < -0.3 is 14.6 Å². The average Bonchev–Trinajstić information content (AvgIpc) is 2.26. The lowest BCUT2D eigenvalue weighted by atomic mass is 10.1. The third-order valence-corrected chi connectivity index (χ3v) is 2.47. The molecular weight excluding hydrogens is 216 g/mol. The Bertz CT molecular complexity index is 315. The lowest BCUT2D eigenvalue weighted by Gasteiger charge is -2.12. The van der Waals surface area contributed by atoms with Crippen LogP contribution in [0.15, 0.2) is 18.2 Å². The van der Waals surface area contributed by atoms with Crippen LogP contribution in [0.4, 0.5) is 0 Å². The summed E-state index contributed by atoms with van der Waals surface area (Å²) in [5.74, 6) is 0.575. The summed E-state index contributed by atoms with van der Waals surface area (Å²) in [5.41, 5.74) is 0.785. The normalized spacial score (nSPS) is 12.5. The fraction of sp³-hybridized carbons (Fsp3) is 0.455. The van der Waals surface area contributed by atoms with Gasteiger partial charge in [-0.2, -0.15) is 0 Å². The Morgan fingerprint density at radius 1 is 1.40 bits per heavy atom. The van der Waals surface area contributed by atoms with E-state index in [4.69, 9.17) is 21.1 Å². The Labute approximate surface area is 94.6 Å². The summed E-state index contributed by atoms with van der Waals surface area (Å²) in [7, 11) is 3.15. The molecule has 1 unspecified atom stereocenters. The number of halogens is 1. The van der Waals surface area contributed by atoms with Gasteiger partial charge >= 0.3 is 0 Å². The molecule has 1 aromatic carbocycles. The van der Waals surface area contributed by atoms with Gasteiger partial charge in [-0.25, -0.2) is 0 Å². The second kappa shape index (κ2) is 5.95. The molecule has 0 aliphatic heterocycles. The van der Waals surface area contributed by atoms with Crippen LogP contribution in [0.25, 0.3) is 0 Å². The van der Waals surface area contributed by atoms with Gasteiger partial charge in [0.15, 0.2) is 0 Å². The van der Waals surface area contributed by atoms with Gasteiger partial charge in [-0.3, -0.25) is 0 Å². The van der Waals surface area contributed by atoms with Crippen molar-refractivity contribution in [3.63, 3.8) is 0 Å². The number of ether oxygens (including phenoxy) is 2. The zero-order valence-corrected chi connectivity index (χ0v) is 9.62.